The van der Waals surface area contributed by atoms with E-state index >= 15 is 0 Å². The zero-order valence-electron chi connectivity index (χ0n) is 10.8. The van der Waals surface area contributed by atoms with Crippen molar-refractivity contribution >= 4 is 11.6 Å². The Labute approximate surface area is 103 Å². The monoisotopic (exact) mass is 235 g/mol. The predicted molar refractivity (Wildman–Crippen MR) is 70.1 cm³/mol. The van der Waals surface area contributed by atoms with E-state index in [0.29, 0.717) is 11.9 Å². The van der Waals surface area contributed by atoms with Gasteiger partial charge in [0.05, 0.1) is 0 Å². The average Bonchev–Trinajstić information content (AvgIpc) is 2.28. The van der Waals surface area contributed by atoms with Crippen LogP contribution in [-0.2, 0) is 0 Å². The van der Waals surface area contributed by atoms with E-state index in [-0.39, 0.29) is 0 Å². The molecule has 1 aromatic rings. The molecule has 1 aromatic heterocycles. The Hall–Kier alpha value is -1.36. The van der Waals surface area contributed by atoms with Crippen molar-refractivity contribution in [3.05, 3.63) is 11.9 Å². The Balaban J connectivity index is 2.16. The summed E-state index contributed by atoms with van der Waals surface area (Å²) < 4.78 is 0. The molecule has 0 radical (unpaired) electrons. The smallest absolute Gasteiger partial charge is 0.134 e. The minimum absolute atomic E-state index is 0.555. The third-order valence-corrected chi connectivity index (χ3v) is 3.30. The van der Waals surface area contributed by atoms with Gasteiger partial charge in [0.25, 0.3) is 0 Å². The van der Waals surface area contributed by atoms with E-state index in [1.807, 2.05) is 13.0 Å². The van der Waals surface area contributed by atoms with Crippen LogP contribution in [0, 0.1) is 6.92 Å². The second-order valence-corrected chi connectivity index (χ2v) is 4.90. The fraction of sp³-hybridized carbons (Fsp3) is 0.667. The van der Waals surface area contributed by atoms with Crippen molar-refractivity contribution in [2.45, 2.75) is 25.8 Å². The number of anilines is 2. The number of hydrogen-bond acceptors (Lipinski definition) is 5. The number of piperidine rings is 1. The Morgan fingerprint density at radius 3 is 2.82 bits per heavy atom. The molecule has 1 atom stereocenters. The second kappa shape index (κ2) is 4.87. The van der Waals surface area contributed by atoms with Gasteiger partial charge in [-0.2, -0.15) is 0 Å². The zero-order valence-corrected chi connectivity index (χ0v) is 10.8. The van der Waals surface area contributed by atoms with Crippen LogP contribution in [0.3, 0.4) is 0 Å². The van der Waals surface area contributed by atoms with Crippen LogP contribution >= 0.6 is 0 Å². The number of aromatic nitrogens is 2. The normalized spacial score (nSPS) is 20.9. The molecule has 0 bridgehead atoms. The summed E-state index contributed by atoms with van der Waals surface area (Å²) >= 11 is 0. The van der Waals surface area contributed by atoms with Crippen molar-refractivity contribution < 1.29 is 0 Å². The van der Waals surface area contributed by atoms with Gasteiger partial charge < -0.3 is 15.5 Å². The Morgan fingerprint density at radius 2 is 2.18 bits per heavy atom. The lowest BCUT2D eigenvalue weighted by molar-refractivity contribution is 0.257. The van der Waals surface area contributed by atoms with Crippen LogP contribution in [0.25, 0.3) is 0 Å². The number of nitrogen functional groups attached to an aromatic ring is 1. The largest absolute Gasteiger partial charge is 0.384 e. The molecule has 2 rings (SSSR count). The maximum atomic E-state index is 5.77. The topological polar surface area (TPSA) is 58.3 Å². The predicted octanol–water partition coefficient (Wildman–Crippen LogP) is 0.898. The molecule has 1 unspecified atom stereocenters. The first-order valence-corrected chi connectivity index (χ1v) is 6.09. The van der Waals surface area contributed by atoms with Gasteiger partial charge in [0.2, 0.25) is 0 Å². The maximum Gasteiger partial charge on any atom is 0.134 e. The molecule has 2 heterocycles. The molecule has 0 amide bonds. The minimum atomic E-state index is 0.555. The van der Waals surface area contributed by atoms with Gasteiger partial charge >= 0.3 is 0 Å². The molecule has 0 aliphatic carbocycles. The molecule has 1 aliphatic heterocycles. The highest BCUT2D eigenvalue weighted by atomic mass is 15.2. The van der Waals surface area contributed by atoms with Crippen molar-refractivity contribution in [3.8, 4) is 0 Å². The van der Waals surface area contributed by atoms with E-state index in [1.54, 1.807) is 0 Å². The summed E-state index contributed by atoms with van der Waals surface area (Å²) in [7, 11) is 4.27. The Morgan fingerprint density at radius 1 is 1.41 bits per heavy atom. The lowest BCUT2D eigenvalue weighted by Crippen LogP contribution is -2.45. The van der Waals surface area contributed by atoms with Gasteiger partial charge in [-0.15, -0.1) is 0 Å². The summed E-state index contributed by atoms with van der Waals surface area (Å²) in [5.74, 6) is 2.26. The molecule has 17 heavy (non-hydrogen) atoms. The molecule has 94 valence electrons. The Bertz CT molecular complexity index is 370. The first-order chi connectivity index (χ1) is 8.06. The average molecular weight is 235 g/mol. The van der Waals surface area contributed by atoms with E-state index in [2.05, 4.69) is 33.9 Å². The van der Waals surface area contributed by atoms with Crippen molar-refractivity contribution in [2.24, 2.45) is 0 Å². The minimum Gasteiger partial charge on any atom is -0.384 e. The molecule has 1 aliphatic rings. The highest BCUT2D eigenvalue weighted by Gasteiger charge is 2.22. The number of likely N-dealkylation sites (N-methyl/N-ethyl adjacent to an activating group) is 1. The second-order valence-electron chi connectivity index (χ2n) is 4.90. The van der Waals surface area contributed by atoms with Crippen LogP contribution in [0.2, 0.25) is 0 Å². The standard InChI is InChI=1S/C12H21N5/c1-9-14-11(13)7-12(15-9)17-6-4-5-10(8-17)16(2)3/h7,10H,4-6,8H2,1-3H3,(H2,13,14,15). The zero-order chi connectivity index (χ0) is 12.4. The van der Waals surface area contributed by atoms with E-state index < -0.39 is 0 Å². The van der Waals surface area contributed by atoms with Crippen LogP contribution in [0.5, 0.6) is 0 Å². The summed E-state index contributed by atoms with van der Waals surface area (Å²) in [6.45, 7) is 3.95. The van der Waals surface area contributed by atoms with Crippen LogP contribution in [0.4, 0.5) is 11.6 Å². The fourth-order valence-corrected chi connectivity index (χ4v) is 2.32. The molecule has 1 fully saturated rings. The summed E-state index contributed by atoms with van der Waals surface area (Å²) in [4.78, 5) is 13.2. The van der Waals surface area contributed by atoms with Crippen LogP contribution < -0.4 is 10.6 Å². The van der Waals surface area contributed by atoms with E-state index in [1.165, 1.54) is 12.8 Å². The number of nitrogens with zero attached hydrogens (tertiary/aromatic N) is 4. The molecule has 0 spiro atoms. The third-order valence-electron chi connectivity index (χ3n) is 3.30. The van der Waals surface area contributed by atoms with Crippen molar-refractivity contribution in [1.82, 2.24) is 14.9 Å². The fourth-order valence-electron chi connectivity index (χ4n) is 2.32. The number of rotatable bonds is 2. The molecule has 5 heteroatoms. The lowest BCUT2D eigenvalue weighted by Gasteiger charge is -2.36. The summed E-state index contributed by atoms with van der Waals surface area (Å²) in [6, 6.07) is 2.46. The van der Waals surface area contributed by atoms with Gasteiger partial charge in [-0.05, 0) is 33.9 Å². The molecule has 1 saturated heterocycles. The van der Waals surface area contributed by atoms with Gasteiger partial charge in [-0.1, -0.05) is 0 Å². The van der Waals surface area contributed by atoms with Crippen LogP contribution in [0.1, 0.15) is 18.7 Å². The summed E-state index contributed by atoms with van der Waals surface area (Å²) in [6.07, 6.45) is 2.45. The van der Waals surface area contributed by atoms with E-state index in [9.17, 15) is 0 Å². The van der Waals surface area contributed by atoms with Gasteiger partial charge in [0.1, 0.15) is 17.5 Å². The number of hydrogen-bond donors (Lipinski definition) is 1. The first-order valence-electron chi connectivity index (χ1n) is 6.09. The van der Waals surface area contributed by atoms with E-state index in [4.69, 9.17) is 5.73 Å². The SMILES string of the molecule is Cc1nc(N)cc(N2CCCC(N(C)C)C2)n1. The highest BCUT2D eigenvalue weighted by molar-refractivity contribution is 5.47. The molecular formula is C12H21N5. The van der Waals surface area contributed by atoms with Gasteiger partial charge in [0, 0.05) is 25.2 Å². The van der Waals surface area contributed by atoms with Gasteiger partial charge in [0.15, 0.2) is 0 Å². The first kappa shape index (κ1) is 12.1. The van der Waals surface area contributed by atoms with Crippen molar-refractivity contribution in [2.75, 3.05) is 37.8 Å². The van der Waals surface area contributed by atoms with Crippen LogP contribution in [0.15, 0.2) is 6.07 Å². The number of nitrogens with two attached hydrogens (primary N) is 1. The molecule has 2 N–H and O–H groups in total. The van der Waals surface area contributed by atoms with Gasteiger partial charge in [-0.3, -0.25) is 0 Å². The molecule has 0 saturated carbocycles. The summed E-state index contributed by atoms with van der Waals surface area (Å²) in [5.41, 5.74) is 5.77. The quantitative estimate of drug-likeness (QED) is 0.825. The summed E-state index contributed by atoms with van der Waals surface area (Å²) in [5, 5.41) is 0. The van der Waals surface area contributed by atoms with Gasteiger partial charge in [-0.25, -0.2) is 9.97 Å². The van der Waals surface area contributed by atoms with E-state index in [0.717, 1.165) is 24.7 Å². The van der Waals surface area contributed by atoms with Crippen LogP contribution in [-0.4, -0.2) is 48.1 Å². The molecule has 5 nitrogen and oxygen atoms in total. The molecular weight excluding hydrogens is 214 g/mol. The highest BCUT2D eigenvalue weighted by Crippen LogP contribution is 2.21. The van der Waals surface area contributed by atoms with Crippen molar-refractivity contribution in [3.63, 3.8) is 0 Å². The lowest BCUT2D eigenvalue weighted by atomic mass is 10.1. The molecule has 0 aromatic carbocycles. The number of aryl methyl sites for hydroxylation is 1. The Kier molecular flexibility index (Phi) is 3.47. The maximum absolute atomic E-state index is 5.77. The van der Waals surface area contributed by atoms with Crippen molar-refractivity contribution in [1.29, 1.82) is 0 Å². The third kappa shape index (κ3) is 2.85.